The lowest BCUT2D eigenvalue weighted by atomic mass is 10.3. The van der Waals surface area contributed by atoms with Crippen molar-refractivity contribution >= 4 is 5.91 Å². The summed E-state index contributed by atoms with van der Waals surface area (Å²) in [7, 11) is 4.01. The van der Waals surface area contributed by atoms with Crippen molar-refractivity contribution in [3.8, 4) is 11.5 Å². The lowest BCUT2D eigenvalue weighted by molar-refractivity contribution is -0.132. The number of carbonyl (C=O) groups excluding carboxylic acids is 1. The summed E-state index contributed by atoms with van der Waals surface area (Å²) >= 11 is 0. The molecule has 0 bridgehead atoms. The zero-order valence-electron chi connectivity index (χ0n) is 15.2. The Hall–Kier alpha value is -2.67. The van der Waals surface area contributed by atoms with E-state index in [-0.39, 0.29) is 18.6 Å². The maximum Gasteiger partial charge on any atom is 0.260 e. The molecule has 0 N–H and O–H groups in total. The lowest BCUT2D eigenvalue weighted by Crippen LogP contribution is -2.34. The number of likely N-dealkylation sites (tertiary alicyclic amines) is 1. The molecule has 1 fully saturated rings. The quantitative estimate of drug-likeness (QED) is 0.751. The number of pyridine rings is 2. The van der Waals surface area contributed by atoms with Crippen LogP contribution >= 0.6 is 0 Å². The van der Waals surface area contributed by atoms with E-state index in [1.165, 1.54) is 0 Å². The highest BCUT2D eigenvalue weighted by molar-refractivity contribution is 5.78. The Labute approximate surface area is 153 Å². The van der Waals surface area contributed by atoms with Gasteiger partial charge < -0.3 is 19.3 Å². The van der Waals surface area contributed by atoms with E-state index < -0.39 is 0 Å². The summed E-state index contributed by atoms with van der Waals surface area (Å²) in [6.07, 6.45) is 5.82. The van der Waals surface area contributed by atoms with Crippen molar-refractivity contribution in [1.82, 2.24) is 19.8 Å². The van der Waals surface area contributed by atoms with Crippen molar-refractivity contribution in [1.29, 1.82) is 0 Å². The van der Waals surface area contributed by atoms with Gasteiger partial charge >= 0.3 is 0 Å². The molecule has 2 aromatic rings. The molecule has 26 heavy (non-hydrogen) atoms. The van der Waals surface area contributed by atoms with Crippen molar-refractivity contribution in [3.05, 3.63) is 48.5 Å². The highest BCUT2D eigenvalue weighted by Crippen LogP contribution is 2.19. The maximum atomic E-state index is 12.3. The van der Waals surface area contributed by atoms with Gasteiger partial charge in [0.15, 0.2) is 6.61 Å². The van der Waals surface area contributed by atoms with Crippen LogP contribution in [0.1, 0.15) is 12.1 Å². The first-order valence-electron chi connectivity index (χ1n) is 8.67. The first kappa shape index (κ1) is 18.1. The molecule has 1 aliphatic rings. The van der Waals surface area contributed by atoms with Crippen LogP contribution in [0.25, 0.3) is 0 Å². The Bertz CT molecular complexity index is 724. The Morgan fingerprint density at radius 2 is 2.19 bits per heavy atom. The number of rotatable bonds is 7. The van der Waals surface area contributed by atoms with E-state index in [1.54, 1.807) is 35.6 Å². The molecule has 0 radical (unpaired) electrons. The predicted octanol–water partition coefficient (Wildman–Crippen LogP) is 1.60. The zero-order valence-corrected chi connectivity index (χ0v) is 15.2. The number of hydrogen-bond donors (Lipinski definition) is 0. The highest BCUT2D eigenvalue weighted by Gasteiger charge is 2.27. The first-order valence-corrected chi connectivity index (χ1v) is 8.67. The molecule has 2 aromatic heterocycles. The van der Waals surface area contributed by atoms with E-state index in [0.29, 0.717) is 18.8 Å². The average molecular weight is 356 g/mol. The van der Waals surface area contributed by atoms with Crippen LogP contribution in [0.5, 0.6) is 11.5 Å². The van der Waals surface area contributed by atoms with Gasteiger partial charge in [-0.25, -0.2) is 0 Å². The summed E-state index contributed by atoms with van der Waals surface area (Å²) in [5.74, 6) is 1.35. The minimum absolute atomic E-state index is 0.00746. The van der Waals surface area contributed by atoms with Crippen LogP contribution in [0.15, 0.2) is 42.9 Å². The lowest BCUT2D eigenvalue weighted by Gasteiger charge is -2.18. The third-order valence-electron chi connectivity index (χ3n) is 4.06. The normalized spacial score (nSPS) is 16.7. The maximum absolute atomic E-state index is 12.3. The van der Waals surface area contributed by atoms with Crippen molar-refractivity contribution in [2.45, 2.75) is 19.1 Å². The van der Waals surface area contributed by atoms with Gasteiger partial charge in [-0.3, -0.25) is 14.8 Å². The number of amides is 1. The van der Waals surface area contributed by atoms with Gasteiger partial charge in [0.25, 0.3) is 5.91 Å². The molecule has 1 atom stereocenters. The largest absolute Gasteiger partial charge is 0.488 e. The third kappa shape index (κ3) is 5.16. The summed E-state index contributed by atoms with van der Waals surface area (Å²) in [6, 6.07) is 7.37. The third-order valence-corrected chi connectivity index (χ3v) is 4.06. The molecule has 0 aliphatic carbocycles. The highest BCUT2D eigenvalue weighted by atomic mass is 16.5. The van der Waals surface area contributed by atoms with Crippen molar-refractivity contribution in [2.24, 2.45) is 0 Å². The van der Waals surface area contributed by atoms with Gasteiger partial charge in [-0.05, 0) is 32.3 Å². The van der Waals surface area contributed by atoms with Crippen LogP contribution in [0.2, 0.25) is 0 Å². The number of carbonyl (C=O) groups is 1. The summed E-state index contributed by atoms with van der Waals surface area (Å²) < 4.78 is 11.5. The molecule has 3 rings (SSSR count). The number of aromatic nitrogens is 2. The SMILES string of the molecule is CN(C)Cc1cc(OC2CCN(C(=O)COc3cccnc3)C2)ccn1. The Morgan fingerprint density at radius 1 is 1.31 bits per heavy atom. The van der Waals surface area contributed by atoms with Crippen molar-refractivity contribution < 1.29 is 14.3 Å². The van der Waals surface area contributed by atoms with E-state index in [4.69, 9.17) is 9.47 Å². The first-order chi connectivity index (χ1) is 12.6. The second kappa shape index (κ2) is 8.62. The van der Waals surface area contributed by atoms with Crippen LogP contribution in [0.4, 0.5) is 0 Å². The second-order valence-corrected chi connectivity index (χ2v) is 6.57. The second-order valence-electron chi connectivity index (χ2n) is 6.57. The molecule has 1 saturated heterocycles. The standard InChI is InChI=1S/C19H24N4O3/c1-22(2)12-15-10-16(5-8-21-15)26-18-6-9-23(13-18)19(24)14-25-17-4-3-7-20-11-17/h3-5,7-8,10-11,18H,6,9,12-14H2,1-2H3. The van der Waals surface area contributed by atoms with Gasteiger partial charge in [0.1, 0.15) is 17.6 Å². The van der Waals surface area contributed by atoms with E-state index in [0.717, 1.165) is 24.4 Å². The van der Waals surface area contributed by atoms with E-state index in [1.807, 2.05) is 26.2 Å². The van der Waals surface area contributed by atoms with E-state index >= 15 is 0 Å². The van der Waals surface area contributed by atoms with Crippen LogP contribution in [-0.4, -0.2) is 65.6 Å². The van der Waals surface area contributed by atoms with Crippen LogP contribution in [0.3, 0.4) is 0 Å². The minimum atomic E-state index is -0.0389. The van der Waals surface area contributed by atoms with Gasteiger partial charge in [0.2, 0.25) is 0 Å². The fraction of sp³-hybridized carbons (Fsp3) is 0.421. The van der Waals surface area contributed by atoms with Gasteiger partial charge in [-0.15, -0.1) is 0 Å². The topological polar surface area (TPSA) is 67.8 Å². The number of hydrogen-bond acceptors (Lipinski definition) is 6. The number of ether oxygens (including phenoxy) is 2. The van der Waals surface area contributed by atoms with Crippen molar-refractivity contribution in [2.75, 3.05) is 33.8 Å². The summed E-state index contributed by atoms with van der Waals surface area (Å²) in [5.41, 5.74) is 0.961. The minimum Gasteiger partial charge on any atom is -0.488 e. The number of nitrogens with zero attached hydrogens (tertiary/aromatic N) is 4. The Morgan fingerprint density at radius 3 is 2.96 bits per heavy atom. The molecular weight excluding hydrogens is 332 g/mol. The van der Waals surface area contributed by atoms with Crippen LogP contribution in [0, 0.1) is 0 Å². The Balaban J connectivity index is 1.48. The molecule has 1 aliphatic heterocycles. The Kier molecular flexibility index (Phi) is 6.01. The summed E-state index contributed by atoms with van der Waals surface area (Å²) in [6.45, 7) is 2.02. The molecule has 3 heterocycles. The smallest absolute Gasteiger partial charge is 0.260 e. The fourth-order valence-electron chi connectivity index (χ4n) is 2.85. The molecule has 7 heteroatoms. The molecule has 7 nitrogen and oxygen atoms in total. The van der Waals surface area contributed by atoms with Crippen molar-refractivity contribution in [3.63, 3.8) is 0 Å². The van der Waals surface area contributed by atoms with Crippen LogP contribution in [-0.2, 0) is 11.3 Å². The van der Waals surface area contributed by atoms with Gasteiger partial charge in [0.05, 0.1) is 18.4 Å². The van der Waals surface area contributed by atoms with E-state index in [2.05, 4.69) is 14.9 Å². The molecule has 0 spiro atoms. The predicted molar refractivity (Wildman–Crippen MR) is 97.0 cm³/mol. The van der Waals surface area contributed by atoms with E-state index in [9.17, 15) is 4.79 Å². The summed E-state index contributed by atoms with van der Waals surface area (Å²) in [5, 5.41) is 0. The average Bonchev–Trinajstić information content (AvgIpc) is 3.09. The van der Waals surface area contributed by atoms with Gasteiger partial charge in [0, 0.05) is 38.0 Å². The zero-order chi connectivity index (χ0) is 18.4. The van der Waals surface area contributed by atoms with Gasteiger partial charge in [-0.2, -0.15) is 0 Å². The summed E-state index contributed by atoms with van der Waals surface area (Å²) in [4.78, 5) is 24.5. The fourth-order valence-corrected chi connectivity index (χ4v) is 2.85. The molecule has 0 aromatic carbocycles. The monoisotopic (exact) mass is 356 g/mol. The molecular formula is C19H24N4O3. The van der Waals surface area contributed by atoms with Gasteiger partial charge in [-0.1, -0.05) is 0 Å². The molecule has 0 saturated carbocycles. The molecule has 1 unspecified atom stereocenters. The van der Waals surface area contributed by atoms with Crippen LogP contribution < -0.4 is 9.47 Å². The molecule has 138 valence electrons. The molecule has 1 amide bonds.